The number of methoxy groups -OCH3 is 1. The summed E-state index contributed by atoms with van der Waals surface area (Å²) in [6, 6.07) is 0.607. The van der Waals surface area contributed by atoms with Crippen molar-refractivity contribution in [3.63, 3.8) is 0 Å². The molecular formula is C14H22N4O. The van der Waals surface area contributed by atoms with Crippen LogP contribution in [0.5, 0.6) is 0 Å². The molecule has 1 aromatic rings. The van der Waals surface area contributed by atoms with Gasteiger partial charge in [-0.25, -0.2) is 9.97 Å². The molecule has 3 rings (SSSR count). The van der Waals surface area contributed by atoms with Crippen LogP contribution in [0, 0.1) is 6.92 Å². The Hall–Kier alpha value is -1.36. The molecule has 2 fully saturated rings. The van der Waals surface area contributed by atoms with E-state index >= 15 is 0 Å². The zero-order valence-corrected chi connectivity index (χ0v) is 11.7. The SMILES string of the molecule is COCCN(c1nc(C2CC2)nc(N)c1C)C1CC1. The Bertz CT molecular complexity index is 469. The average molecular weight is 262 g/mol. The maximum atomic E-state index is 6.07. The highest BCUT2D eigenvalue weighted by Gasteiger charge is 2.33. The lowest BCUT2D eigenvalue weighted by atomic mass is 10.2. The van der Waals surface area contributed by atoms with Gasteiger partial charge in [-0.05, 0) is 32.6 Å². The zero-order valence-electron chi connectivity index (χ0n) is 11.7. The van der Waals surface area contributed by atoms with Gasteiger partial charge in [0.1, 0.15) is 17.5 Å². The van der Waals surface area contributed by atoms with Gasteiger partial charge >= 0.3 is 0 Å². The van der Waals surface area contributed by atoms with E-state index in [1.165, 1.54) is 25.7 Å². The topological polar surface area (TPSA) is 64.3 Å². The number of hydrogen-bond acceptors (Lipinski definition) is 5. The second kappa shape index (κ2) is 4.96. The average Bonchev–Trinajstić information content (AvgIpc) is 3.27. The standard InChI is InChI=1S/C14H22N4O/c1-9-12(15)16-13(10-3-4-10)17-14(9)18(7-8-19-2)11-5-6-11/h10-11H,3-8H2,1-2H3,(H2,15,16,17). The summed E-state index contributed by atoms with van der Waals surface area (Å²) < 4.78 is 5.22. The summed E-state index contributed by atoms with van der Waals surface area (Å²) in [5.74, 6) is 3.12. The molecule has 2 aliphatic carbocycles. The van der Waals surface area contributed by atoms with Crippen LogP contribution in [0.3, 0.4) is 0 Å². The van der Waals surface area contributed by atoms with Gasteiger partial charge in [-0.2, -0.15) is 0 Å². The fraction of sp³-hybridized carbons (Fsp3) is 0.714. The van der Waals surface area contributed by atoms with Gasteiger partial charge in [0.05, 0.1) is 6.61 Å². The summed E-state index contributed by atoms with van der Waals surface area (Å²) in [4.78, 5) is 11.6. The summed E-state index contributed by atoms with van der Waals surface area (Å²) in [6.07, 6.45) is 4.88. The molecule has 0 unspecified atom stereocenters. The smallest absolute Gasteiger partial charge is 0.137 e. The molecule has 0 saturated heterocycles. The second-order valence-electron chi connectivity index (χ2n) is 5.61. The van der Waals surface area contributed by atoms with E-state index < -0.39 is 0 Å². The van der Waals surface area contributed by atoms with Crippen molar-refractivity contribution in [1.82, 2.24) is 9.97 Å². The van der Waals surface area contributed by atoms with E-state index in [9.17, 15) is 0 Å². The van der Waals surface area contributed by atoms with Gasteiger partial charge in [-0.15, -0.1) is 0 Å². The van der Waals surface area contributed by atoms with Crippen molar-refractivity contribution < 1.29 is 4.74 Å². The van der Waals surface area contributed by atoms with Crippen LogP contribution in [0.2, 0.25) is 0 Å². The van der Waals surface area contributed by atoms with Gasteiger partial charge in [0, 0.05) is 31.2 Å². The van der Waals surface area contributed by atoms with Gasteiger partial charge in [0.2, 0.25) is 0 Å². The number of nitrogens with zero attached hydrogens (tertiary/aromatic N) is 3. The Balaban J connectivity index is 1.91. The van der Waals surface area contributed by atoms with E-state index in [2.05, 4.69) is 9.88 Å². The highest BCUT2D eigenvalue weighted by molar-refractivity contribution is 5.58. The van der Waals surface area contributed by atoms with Gasteiger partial charge in [-0.1, -0.05) is 0 Å². The molecule has 0 spiro atoms. The highest BCUT2D eigenvalue weighted by Crippen LogP contribution is 2.40. The highest BCUT2D eigenvalue weighted by atomic mass is 16.5. The molecule has 5 heteroatoms. The van der Waals surface area contributed by atoms with Gasteiger partial charge in [-0.3, -0.25) is 0 Å². The van der Waals surface area contributed by atoms with Gasteiger partial charge < -0.3 is 15.4 Å². The lowest BCUT2D eigenvalue weighted by molar-refractivity contribution is 0.204. The number of ether oxygens (including phenoxy) is 1. The van der Waals surface area contributed by atoms with E-state index in [1.807, 2.05) is 6.92 Å². The number of nitrogens with two attached hydrogens (primary N) is 1. The first-order valence-corrected chi connectivity index (χ1v) is 7.10. The third-order valence-electron chi connectivity index (χ3n) is 3.91. The largest absolute Gasteiger partial charge is 0.383 e. The summed E-state index contributed by atoms with van der Waals surface area (Å²) in [7, 11) is 1.74. The van der Waals surface area contributed by atoms with Gasteiger partial charge in [0.15, 0.2) is 0 Å². The predicted molar refractivity (Wildman–Crippen MR) is 75.4 cm³/mol. The number of anilines is 2. The number of aromatic nitrogens is 2. The van der Waals surface area contributed by atoms with Crippen molar-refractivity contribution in [2.24, 2.45) is 0 Å². The minimum absolute atomic E-state index is 0.533. The summed E-state index contributed by atoms with van der Waals surface area (Å²) >= 11 is 0. The minimum atomic E-state index is 0.533. The molecule has 0 radical (unpaired) electrons. The van der Waals surface area contributed by atoms with E-state index in [0.717, 1.165) is 30.4 Å². The fourth-order valence-corrected chi connectivity index (χ4v) is 2.38. The predicted octanol–water partition coefficient (Wildman–Crippen LogP) is 1.86. The molecule has 104 valence electrons. The van der Waals surface area contributed by atoms with Crippen molar-refractivity contribution >= 4 is 11.6 Å². The fourth-order valence-electron chi connectivity index (χ4n) is 2.38. The summed E-state index contributed by atoms with van der Waals surface area (Å²) in [5.41, 5.74) is 7.07. The molecule has 0 aromatic carbocycles. The van der Waals surface area contributed by atoms with Crippen LogP contribution in [-0.4, -0.2) is 36.3 Å². The quantitative estimate of drug-likeness (QED) is 0.847. The number of rotatable bonds is 6. The summed E-state index contributed by atoms with van der Waals surface area (Å²) in [6.45, 7) is 3.62. The first-order chi connectivity index (χ1) is 9.20. The van der Waals surface area contributed by atoms with Crippen molar-refractivity contribution in [2.45, 2.75) is 44.6 Å². The molecule has 1 heterocycles. The molecule has 5 nitrogen and oxygen atoms in total. The maximum Gasteiger partial charge on any atom is 0.137 e. The molecule has 0 amide bonds. The third kappa shape index (κ3) is 2.66. The minimum Gasteiger partial charge on any atom is -0.383 e. The van der Waals surface area contributed by atoms with E-state index in [4.69, 9.17) is 15.5 Å². The first-order valence-electron chi connectivity index (χ1n) is 7.10. The number of hydrogen-bond donors (Lipinski definition) is 1. The second-order valence-corrected chi connectivity index (χ2v) is 5.61. The molecule has 0 atom stereocenters. The Morgan fingerprint density at radius 1 is 1.26 bits per heavy atom. The van der Waals surface area contributed by atoms with Crippen molar-refractivity contribution in [3.8, 4) is 0 Å². The van der Waals surface area contributed by atoms with E-state index in [0.29, 0.717) is 17.8 Å². The van der Waals surface area contributed by atoms with Crippen LogP contribution in [0.25, 0.3) is 0 Å². The molecule has 2 saturated carbocycles. The van der Waals surface area contributed by atoms with Crippen LogP contribution in [0.4, 0.5) is 11.6 Å². The third-order valence-corrected chi connectivity index (χ3v) is 3.91. The molecule has 19 heavy (non-hydrogen) atoms. The molecule has 2 aliphatic rings. The maximum absolute atomic E-state index is 6.07. The Morgan fingerprint density at radius 3 is 2.58 bits per heavy atom. The van der Waals surface area contributed by atoms with Crippen LogP contribution < -0.4 is 10.6 Å². The Kier molecular flexibility index (Phi) is 3.31. The van der Waals surface area contributed by atoms with Crippen molar-refractivity contribution in [3.05, 3.63) is 11.4 Å². The van der Waals surface area contributed by atoms with Crippen LogP contribution in [0.15, 0.2) is 0 Å². The molecule has 0 aliphatic heterocycles. The Labute approximate surface area is 114 Å². The molecule has 1 aromatic heterocycles. The monoisotopic (exact) mass is 262 g/mol. The first kappa shape index (κ1) is 12.7. The zero-order chi connectivity index (χ0) is 13.4. The van der Waals surface area contributed by atoms with Crippen LogP contribution >= 0.6 is 0 Å². The van der Waals surface area contributed by atoms with Gasteiger partial charge in [0.25, 0.3) is 0 Å². The molecule has 2 N–H and O–H groups in total. The van der Waals surface area contributed by atoms with Crippen molar-refractivity contribution in [2.75, 3.05) is 30.9 Å². The van der Waals surface area contributed by atoms with E-state index in [1.54, 1.807) is 7.11 Å². The normalized spacial score (nSPS) is 18.6. The number of nitrogen functional groups attached to an aromatic ring is 1. The summed E-state index contributed by atoms with van der Waals surface area (Å²) in [5, 5.41) is 0. The molecular weight excluding hydrogens is 240 g/mol. The van der Waals surface area contributed by atoms with Crippen LogP contribution in [0.1, 0.15) is 43.0 Å². The van der Waals surface area contributed by atoms with Crippen molar-refractivity contribution in [1.29, 1.82) is 0 Å². The van der Waals surface area contributed by atoms with Crippen LogP contribution in [-0.2, 0) is 4.74 Å². The Morgan fingerprint density at radius 2 is 2.00 bits per heavy atom. The lowest BCUT2D eigenvalue weighted by Gasteiger charge is -2.25. The molecule has 0 bridgehead atoms. The van der Waals surface area contributed by atoms with E-state index in [-0.39, 0.29) is 0 Å². The lowest BCUT2D eigenvalue weighted by Crippen LogP contribution is -2.31.